The number of nitrogens with zero attached hydrogens (tertiary/aromatic N) is 9. The number of ether oxygens (including phenoxy) is 6. The van der Waals surface area contributed by atoms with Crippen molar-refractivity contribution in [3.05, 3.63) is 44.8 Å². The van der Waals surface area contributed by atoms with Gasteiger partial charge in [-0.1, -0.05) is 5.11 Å². The number of nitrogens with one attached hydrogen (secondary N) is 1. The molecule has 1 N–H and O–H groups in total. The lowest BCUT2D eigenvalue weighted by molar-refractivity contribution is -0.384. The Balaban J connectivity index is 2.20. The lowest BCUT2D eigenvalue weighted by Crippen LogP contribution is -2.47. The molecule has 63 heavy (non-hydrogen) atoms. The van der Waals surface area contributed by atoms with Gasteiger partial charge in [-0.3, -0.25) is 38.9 Å². The number of rotatable bonds is 34. The molecule has 0 aliphatic heterocycles. The van der Waals surface area contributed by atoms with Crippen LogP contribution in [0.2, 0.25) is 0 Å². The van der Waals surface area contributed by atoms with Gasteiger partial charge in [0.15, 0.2) is 5.78 Å². The number of hydrogen-bond donors (Lipinski definition) is 1. The van der Waals surface area contributed by atoms with Gasteiger partial charge in [0.2, 0.25) is 29.5 Å². The Hall–Kier alpha value is -5.98. The Morgan fingerprint density at radius 3 is 1.43 bits per heavy atom. The Morgan fingerprint density at radius 2 is 1.00 bits per heavy atom. The highest BCUT2D eigenvalue weighted by Crippen LogP contribution is 2.17. The molecule has 0 bridgehead atoms. The second-order valence-electron chi connectivity index (χ2n) is 13.7. The summed E-state index contributed by atoms with van der Waals surface area (Å²) in [6, 6.07) is 4.82. The average molecular weight is 897 g/mol. The van der Waals surface area contributed by atoms with Crippen LogP contribution in [0.15, 0.2) is 29.4 Å². The third-order valence-electron chi connectivity index (χ3n) is 8.53. The monoisotopic (exact) mass is 896 g/mol. The standard InChI is InChI=1S/C38H60N10O15/c1-43(25-31(49)7-6-15-58-17-19-60-21-23-62-24-22-61-20-18-59-16-14-41-42-39)34(51)27-45(3)36(53)29-47(5)37(54)28-46(4)35(52)26-44(2)33(50)12-13-40-38(55)63-32-10-8-30(9-11-32)48(56)57/h8-11H,6-7,12-29H2,1-5H3,(H,40,55). The molecule has 0 aliphatic carbocycles. The van der Waals surface area contributed by atoms with Crippen molar-refractivity contribution in [1.29, 1.82) is 0 Å². The number of azide groups is 1. The maximum atomic E-state index is 12.8. The molecular formula is C38H60N10O15. The van der Waals surface area contributed by atoms with Gasteiger partial charge in [0.1, 0.15) is 5.75 Å². The van der Waals surface area contributed by atoms with Crippen molar-refractivity contribution in [3.8, 4) is 5.75 Å². The van der Waals surface area contributed by atoms with Crippen LogP contribution in [0.4, 0.5) is 10.5 Å². The fraction of sp³-hybridized carbons (Fsp3) is 0.658. The second kappa shape index (κ2) is 32.7. The van der Waals surface area contributed by atoms with E-state index in [0.717, 1.165) is 19.6 Å². The molecule has 352 valence electrons. The highest BCUT2D eigenvalue weighted by molar-refractivity contribution is 5.92. The highest BCUT2D eigenvalue weighted by Gasteiger charge is 2.23. The smallest absolute Gasteiger partial charge is 0.410 e. The molecule has 0 atom stereocenters. The zero-order valence-electron chi connectivity index (χ0n) is 36.6. The second-order valence-corrected chi connectivity index (χ2v) is 13.7. The van der Waals surface area contributed by atoms with Crippen LogP contribution in [0, 0.1) is 10.1 Å². The summed E-state index contributed by atoms with van der Waals surface area (Å²) < 4.78 is 31.9. The van der Waals surface area contributed by atoms with Gasteiger partial charge in [0, 0.05) is 84.8 Å². The molecule has 0 unspecified atom stereocenters. The fourth-order valence-electron chi connectivity index (χ4n) is 4.82. The highest BCUT2D eigenvalue weighted by atomic mass is 16.6. The van der Waals surface area contributed by atoms with E-state index in [-0.39, 0.29) is 69.3 Å². The maximum Gasteiger partial charge on any atom is 0.412 e. The van der Waals surface area contributed by atoms with Crippen LogP contribution in [0.1, 0.15) is 19.3 Å². The van der Waals surface area contributed by atoms with E-state index in [1.54, 1.807) is 0 Å². The van der Waals surface area contributed by atoms with Crippen LogP contribution in [0.25, 0.3) is 10.4 Å². The molecule has 0 aromatic heterocycles. The first-order valence-corrected chi connectivity index (χ1v) is 19.9. The zero-order valence-corrected chi connectivity index (χ0v) is 36.6. The summed E-state index contributed by atoms with van der Waals surface area (Å²) in [5, 5.41) is 16.5. The number of carbonyl (C=O) groups is 7. The van der Waals surface area contributed by atoms with Crippen LogP contribution in [-0.2, 0) is 52.5 Å². The van der Waals surface area contributed by atoms with Crippen LogP contribution in [0.3, 0.4) is 0 Å². The van der Waals surface area contributed by atoms with E-state index in [1.807, 2.05) is 0 Å². The first-order chi connectivity index (χ1) is 30.0. The van der Waals surface area contributed by atoms with Gasteiger partial charge < -0.3 is 58.2 Å². The van der Waals surface area contributed by atoms with E-state index in [9.17, 15) is 43.7 Å². The van der Waals surface area contributed by atoms with E-state index in [4.69, 9.17) is 34.0 Å². The minimum Gasteiger partial charge on any atom is -0.410 e. The molecule has 1 aromatic rings. The minimum absolute atomic E-state index is 0.0599. The third-order valence-corrected chi connectivity index (χ3v) is 8.53. The van der Waals surface area contributed by atoms with E-state index in [2.05, 4.69) is 15.3 Å². The summed E-state index contributed by atoms with van der Waals surface area (Å²) >= 11 is 0. The van der Waals surface area contributed by atoms with Crippen LogP contribution in [0.5, 0.6) is 5.75 Å². The molecule has 0 spiro atoms. The molecule has 25 nitrogen and oxygen atoms in total. The zero-order chi connectivity index (χ0) is 47.0. The van der Waals surface area contributed by atoms with Gasteiger partial charge in [0.25, 0.3) is 5.69 Å². The number of non-ortho nitro benzene ring substituents is 1. The number of likely N-dealkylation sites (N-methyl/N-ethyl adjacent to an activating group) is 5. The van der Waals surface area contributed by atoms with E-state index in [1.165, 1.54) is 64.4 Å². The molecule has 0 aliphatic rings. The summed E-state index contributed by atoms with van der Waals surface area (Å²) in [6.07, 6.45) is -0.429. The molecule has 1 aromatic carbocycles. The lowest BCUT2D eigenvalue weighted by Gasteiger charge is -2.26. The normalized spacial score (nSPS) is 10.6. The van der Waals surface area contributed by atoms with Gasteiger partial charge >= 0.3 is 6.09 Å². The van der Waals surface area contributed by atoms with Crippen LogP contribution >= 0.6 is 0 Å². The first kappa shape index (κ1) is 55.0. The van der Waals surface area contributed by atoms with Crippen LogP contribution in [-0.4, -0.2) is 218 Å². The summed E-state index contributed by atoms with van der Waals surface area (Å²) in [5.41, 5.74) is 7.99. The average Bonchev–Trinajstić information content (AvgIpc) is 3.24. The van der Waals surface area contributed by atoms with Gasteiger partial charge in [0.05, 0.1) is 97.1 Å². The summed E-state index contributed by atoms with van der Waals surface area (Å²) in [6.45, 7) is 2.29. The van der Waals surface area contributed by atoms with Gasteiger partial charge in [-0.15, -0.1) is 0 Å². The van der Waals surface area contributed by atoms with Crippen molar-refractivity contribution < 1.29 is 66.9 Å². The summed E-state index contributed by atoms with van der Waals surface area (Å²) in [5.74, 6) is -2.80. The molecule has 0 radical (unpaired) electrons. The number of nitro benzene ring substituents is 1. The number of carbonyl (C=O) groups excluding carboxylic acids is 7. The number of ketones is 1. The minimum atomic E-state index is -0.887. The predicted octanol–water partition coefficient (Wildman–Crippen LogP) is 0.108. The summed E-state index contributed by atoms with van der Waals surface area (Å²) in [4.78, 5) is 106. The number of benzene rings is 1. The molecule has 0 saturated heterocycles. The van der Waals surface area contributed by atoms with Gasteiger partial charge in [-0.25, -0.2) is 4.79 Å². The number of amides is 6. The Morgan fingerprint density at radius 1 is 0.603 bits per heavy atom. The van der Waals surface area contributed by atoms with Crippen molar-refractivity contribution in [2.75, 3.05) is 147 Å². The van der Waals surface area contributed by atoms with Crippen molar-refractivity contribution in [2.24, 2.45) is 5.11 Å². The van der Waals surface area contributed by atoms with Crippen LogP contribution < -0.4 is 10.1 Å². The SMILES string of the molecule is CN(CC(=O)CCCOCCOCCOCCOCCOCCN=[N+]=[N-])C(=O)CN(C)C(=O)CN(C)C(=O)CN(C)C(=O)CN(C)C(=O)CCNC(=O)Oc1ccc([N+](=O)[O-])cc1. The summed E-state index contributed by atoms with van der Waals surface area (Å²) in [7, 11) is 6.92. The Labute approximate surface area is 365 Å². The molecule has 6 amide bonds. The third kappa shape index (κ3) is 26.2. The topological polar surface area (TPSA) is 295 Å². The predicted molar refractivity (Wildman–Crippen MR) is 222 cm³/mol. The van der Waals surface area contributed by atoms with Crippen molar-refractivity contribution in [3.63, 3.8) is 0 Å². The fourth-order valence-corrected chi connectivity index (χ4v) is 4.82. The number of hydrogen-bond acceptors (Lipinski definition) is 16. The Bertz CT molecular complexity index is 1660. The largest absolute Gasteiger partial charge is 0.412 e. The van der Waals surface area contributed by atoms with Gasteiger partial charge in [-0.2, -0.15) is 0 Å². The number of Topliss-reactive ketones (excluding diaryl/α,β-unsaturated/α-hetero) is 1. The van der Waals surface area contributed by atoms with Crippen molar-refractivity contribution in [2.45, 2.75) is 19.3 Å². The Kier molecular flexibility index (Phi) is 28.6. The van der Waals surface area contributed by atoms with E-state index < -0.39 is 47.1 Å². The molecule has 0 fully saturated rings. The molecule has 0 heterocycles. The van der Waals surface area contributed by atoms with Gasteiger partial charge in [-0.05, 0) is 24.1 Å². The van der Waals surface area contributed by atoms with Crippen molar-refractivity contribution in [1.82, 2.24) is 29.8 Å². The molecule has 1 rings (SSSR count). The van der Waals surface area contributed by atoms with Crippen molar-refractivity contribution >= 4 is 47.1 Å². The van der Waals surface area contributed by atoms with E-state index >= 15 is 0 Å². The first-order valence-electron chi connectivity index (χ1n) is 19.9. The quantitative estimate of drug-likeness (QED) is 0.0240. The number of nitro groups is 1. The maximum absolute atomic E-state index is 12.8. The lowest BCUT2D eigenvalue weighted by atomic mass is 10.2. The molecular weight excluding hydrogens is 836 g/mol. The molecule has 25 heteroatoms. The van der Waals surface area contributed by atoms with E-state index in [0.29, 0.717) is 72.5 Å². The molecule has 0 saturated carbocycles.